The highest BCUT2D eigenvalue weighted by Gasteiger charge is 2.27. The summed E-state index contributed by atoms with van der Waals surface area (Å²) in [6.07, 6.45) is 0. The lowest BCUT2D eigenvalue weighted by Gasteiger charge is -2.26. The molecule has 24 heavy (non-hydrogen) atoms. The van der Waals surface area contributed by atoms with E-state index in [4.69, 9.17) is 11.6 Å². The Morgan fingerprint density at radius 3 is 2.50 bits per heavy atom. The number of aromatic nitrogens is 1. The van der Waals surface area contributed by atoms with Gasteiger partial charge in [0.25, 0.3) is 5.91 Å². The first kappa shape index (κ1) is 16.6. The molecule has 0 saturated heterocycles. The van der Waals surface area contributed by atoms with Gasteiger partial charge < -0.3 is 10.3 Å². The van der Waals surface area contributed by atoms with Crippen molar-refractivity contribution in [2.45, 2.75) is 26.2 Å². The van der Waals surface area contributed by atoms with Crippen LogP contribution >= 0.6 is 11.6 Å². The van der Waals surface area contributed by atoms with Gasteiger partial charge in [-0.3, -0.25) is 4.79 Å². The minimum atomic E-state index is -0.189. The number of para-hydroxylation sites is 1. The molecule has 0 fully saturated rings. The quantitative estimate of drug-likeness (QED) is 0.701. The first-order valence-corrected chi connectivity index (χ1v) is 8.38. The molecule has 0 saturated carbocycles. The van der Waals surface area contributed by atoms with Crippen molar-refractivity contribution in [1.82, 2.24) is 10.3 Å². The number of aromatic amines is 1. The van der Waals surface area contributed by atoms with Crippen molar-refractivity contribution in [2.75, 3.05) is 6.54 Å². The maximum atomic E-state index is 12.4. The molecule has 1 heterocycles. The number of hydrogen-bond acceptors (Lipinski definition) is 1. The number of carbonyl (C=O) groups excluding carboxylic acids is 1. The third-order valence-electron chi connectivity index (χ3n) is 4.37. The molecule has 1 aromatic heterocycles. The van der Waals surface area contributed by atoms with Gasteiger partial charge in [0.15, 0.2) is 0 Å². The van der Waals surface area contributed by atoms with E-state index in [2.05, 4.69) is 43.2 Å². The Labute approximate surface area is 147 Å². The molecule has 0 spiro atoms. The minimum Gasteiger partial charge on any atom is -0.358 e. The maximum Gasteiger partial charge on any atom is 0.251 e. The van der Waals surface area contributed by atoms with Crippen LogP contribution in [0, 0.1) is 6.92 Å². The third kappa shape index (κ3) is 3.17. The second-order valence-corrected chi connectivity index (χ2v) is 7.18. The summed E-state index contributed by atoms with van der Waals surface area (Å²) in [5, 5.41) is 4.88. The number of H-pyrrole nitrogens is 1. The zero-order chi connectivity index (χ0) is 17.3. The van der Waals surface area contributed by atoms with E-state index in [0.29, 0.717) is 17.1 Å². The Hall–Kier alpha value is -2.26. The number of fused-ring (bicyclic) bond motifs is 1. The number of rotatable bonds is 4. The molecular formula is C20H21ClN2O. The fraction of sp³-hybridized carbons (Fsp3) is 0.250. The van der Waals surface area contributed by atoms with Crippen LogP contribution in [-0.4, -0.2) is 17.4 Å². The van der Waals surface area contributed by atoms with Crippen molar-refractivity contribution in [1.29, 1.82) is 0 Å². The molecule has 124 valence electrons. The number of aryl methyl sites for hydroxylation is 1. The molecule has 0 atom stereocenters. The zero-order valence-electron chi connectivity index (χ0n) is 14.1. The molecule has 3 aromatic rings. The summed E-state index contributed by atoms with van der Waals surface area (Å²) in [5.74, 6) is -0.0859. The number of nitrogens with one attached hydrogen (secondary N) is 2. The molecule has 0 unspecified atom stereocenters. The van der Waals surface area contributed by atoms with Crippen molar-refractivity contribution >= 4 is 28.4 Å². The summed E-state index contributed by atoms with van der Waals surface area (Å²) in [6.45, 7) is 6.94. The van der Waals surface area contributed by atoms with E-state index >= 15 is 0 Å². The molecule has 4 heteroatoms. The second-order valence-electron chi connectivity index (χ2n) is 6.74. The summed E-state index contributed by atoms with van der Waals surface area (Å²) >= 11 is 5.87. The first-order valence-electron chi connectivity index (χ1n) is 8.00. The van der Waals surface area contributed by atoms with Crippen LogP contribution in [0.3, 0.4) is 0 Å². The van der Waals surface area contributed by atoms with Crippen LogP contribution in [-0.2, 0) is 5.41 Å². The largest absolute Gasteiger partial charge is 0.358 e. The Bertz CT molecular complexity index is 878. The van der Waals surface area contributed by atoms with E-state index in [-0.39, 0.29) is 11.3 Å². The highest BCUT2D eigenvalue weighted by Crippen LogP contribution is 2.33. The molecule has 0 aliphatic rings. The molecule has 0 aliphatic heterocycles. The number of carbonyl (C=O) groups is 1. The Balaban J connectivity index is 1.81. The standard InChI is InChI=1S/C20H21ClN2O/c1-13-18(16-6-4-5-7-17(16)23-13)20(2,3)12-22-19(24)14-8-10-15(21)11-9-14/h4-11,23H,12H2,1-3H3,(H,22,24). The van der Waals surface area contributed by atoms with Crippen molar-refractivity contribution in [2.24, 2.45) is 0 Å². The van der Waals surface area contributed by atoms with Gasteiger partial charge in [0.1, 0.15) is 0 Å². The van der Waals surface area contributed by atoms with Crippen LogP contribution in [0.15, 0.2) is 48.5 Å². The lowest BCUT2D eigenvalue weighted by atomic mass is 9.82. The van der Waals surface area contributed by atoms with Crippen molar-refractivity contribution in [3.05, 3.63) is 70.4 Å². The van der Waals surface area contributed by atoms with Crippen molar-refractivity contribution < 1.29 is 4.79 Å². The van der Waals surface area contributed by atoms with Gasteiger partial charge in [0.05, 0.1) is 0 Å². The molecule has 1 amide bonds. The first-order chi connectivity index (χ1) is 11.4. The van der Waals surface area contributed by atoms with Crippen molar-refractivity contribution in [3.8, 4) is 0 Å². The van der Waals surface area contributed by atoms with E-state index < -0.39 is 0 Å². The second kappa shape index (κ2) is 6.33. The summed E-state index contributed by atoms with van der Waals surface area (Å²) in [4.78, 5) is 15.8. The maximum absolute atomic E-state index is 12.4. The van der Waals surface area contributed by atoms with Gasteiger partial charge in [-0.15, -0.1) is 0 Å². The average molecular weight is 341 g/mol. The predicted octanol–water partition coefficient (Wildman–Crippen LogP) is 4.84. The summed E-state index contributed by atoms with van der Waals surface area (Å²) in [5.41, 5.74) is 3.94. The van der Waals surface area contributed by atoms with Crippen LogP contribution in [0.4, 0.5) is 0 Å². The fourth-order valence-electron chi connectivity index (χ4n) is 3.24. The monoisotopic (exact) mass is 340 g/mol. The summed E-state index contributed by atoms with van der Waals surface area (Å²) in [7, 11) is 0. The van der Waals surface area contributed by atoms with Gasteiger partial charge >= 0.3 is 0 Å². The number of amides is 1. The van der Waals surface area contributed by atoms with Gasteiger partial charge in [-0.25, -0.2) is 0 Å². The fourth-order valence-corrected chi connectivity index (χ4v) is 3.37. The highest BCUT2D eigenvalue weighted by molar-refractivity contribution is 6.30. The van der Waals surface area contributed by atoms with Crippen LogP contribution in [0.25, 0.3) is 10.9 Å². The van der Waals surface area contributed by atoms with Gasteiger partial charge in [-0.05, 0) is 42.8 Å². The van der Waals surface area contributed by atoms with Gasteiger partial charge in [0, 0.05) is 39.1 Å². The lowest BCUT2D eigenvalue weighted by Crippen LogP contribution is -2.37. The number of benzene rings is 2. The Morgan fingerprint density at radius 2 is 1.79 bits per heavy atom. The Morgan fingerprint density at radius 1 is 1.12 bits per heavy atom. The number of hydrogen-bond donors (Lipinski definition) is 2. The van der Waals surface area contributed by atoms with E-state index in [1.165, 1.54) is 10.9 Å². The van der Waals surface area contributed by atoms with E-state index in [1.807, 2.05) is 12.1 Å². The van der Waals surface area contributed by atoms with E-state index in [9.17, 15) is 4.79 Å². The lowest BCUT2D eigenvalue weighted by molar-refractivity contribution is 0.0945. The molecule has 0 aliphatic carbocycles. The Kier molecular flexibility index (Phi) is 4.37. The van der Waals surface area contributed by atoms with Crippen molar-refractivity contribution in [3.63, 3.8) is 0 Å². The SMILES string of the molecule is Cc1[nH]c2ccccc2c1C(C)(C)CNC(=O)c1ccc(Cl)cc1. The summed E-state index contributed by atoms with van der Waals surface area (Å²) < 4.78 is 0. The highest BCUT2D eigenvalue weighted by atomic mass is 35.5. The van der Waals surface area contributed by atoms with Crippen LogP contribution in [0.2, 0.25) is 5.02 Å². The zero-order valence-corrected chi connectivity index (χ0v) is 14.9. The van der Waals surface area contributed by atoms with Crippen LogP contribution in [0.5, 0.6) is 0 Å². The molecule has 0 radical (unpaired) electrons. The molecule has 3 rings (SSSR count). The summed E-state index contributed by atoms with van der Waals surface area (Å²) in [6, 6.07) is 15.2. The van der Waals surface area contributed by atoms with Gasteiger partial charge in [0.2, 0.25) is 0 Å². The molecule has 2 aromatic carbocycles. The smallest absolute Gasteiger partial charge is 0.251 e. The van der Waals surface area contributed by atoms with E-state index in [0.717, 1.165) is 11.2 Å². The van der Waals surface area contributed by atoms with Crippen LogP contribution in [0.1, 0.15) is 35.5 Å². The van der Waals surface area contributed by atoms with Gasteiger partial charge in [-0.1, -0.05) is 43.6 Å². The average Bonchev–Trinajstić information content (AvgIpc) is 2.90. The normalized spacial score (nSPS) is 11.7. The van der Waals surface area contributed by atoms with E-state index in [1.54, 1.807) is 24.3 Å². The molecule has 2 N–H and O–H groups in total. The molecular weight excluding hydrogens is 320 g/mol. The predicted molar refractivity (Wildman–Crippen MR) is 99.8 cm³/mol. The third-order valence-corrected chi connectivity index (χ3v) is 4.62. The topological polar surface area (TPSA) is 44.9 Å². The van der Waals surface area contributed by atoms with Gasteiger partial charge in [-0.2, -0.15) is 0 Å². The minimum absolute atomic E-state index is 0.0859. The van der Waals surface area contributed by atoms with Crippen LogP contribution < -0.4 is 5.32 Å². The molecule has 0 bridgehead atoms. The molecule has 3 nitrogen and oxygen atoms in total. The number of halogens is 1.